The average Bonchev–Trinajstić information content (AvgIpc) is 3.37. The molecule has 7 nitrogen and oxygen atoms in total. The Morgan fingerprint density at radius 3 is 2.09 bits per heavy atom. The number of benzene rings is 3. The van der Waals surface area contributed by atoms with Crippen LogP contribution in [0.1, 0.15) is 17.2 Å². The number of aliphatic hydroxyl groups is 1. The molecular formula is C28H24N2O5. The molecule has 0 saturated carbocycles. The van der Waals surface area contributed by atoms with Crippen LogP contribution in [0.25, 0.3) is 16.7 Å². The second-order valence-electron chi connectivity index (χ2n) is 8.31. The molecule has 1 aliphatic heterocycles. The molecule has 1 fully saturated rings. The summed E-state index contributed by atoms with van der Waals surface area (Å²) in [6.07, 6.45) is 1.90. The highest BCUT2D eigenvalue weighted by atomic mass is 16.5. The maximum absolute atomic E-state index is 13.4. The Balaban J connectivity index is 1.76. The van der Waals surface area contributed by atoms with Crippen molar-refractivity contribution in [3.63, 3.8) is 0 Å². The summed E-state index contributed by atoms with van der Waals surface area (Å²) in [7, 11) is 5.02. The number of amides is 1. The van der Waals surface area contributed by atoms with Gasteiger partial charge in [-0.05, 0) is 54.6 Å². The molecule has 1 aliphatic rings. The smallest absolute Gasteiger partial charge is 0.300 e. The van der Waals surface area contributed by atoms with Gasteiger partial charge in [0.25, 0.3) is 11.7 Å². The van der Waals surface area contributed by atoms with E-state index in [0.29, 0.717) is 22.7 Å². The van der Waals surface area contributed by atoms with Crippen LogP contribution in [-0.2, 0) is 16.6 Å². The molecule has 176 valence electrons. The minimum Gasteiger partial charge on any atom is -0.507 e. The third-order valence-corrected chi connectivity index (χ3v) is 6.38. The van der Waals surface area contributed by atoms with Crippen molar-refractivity contribution in [1.82, 2.24) is 4.57 Å². The zero-order valence-electron chi connectivity index (χ0n) is 19.6. The Morgan fingerprint density at radius 1 is 0.857 bits per heavy atom. The van der Waals surface area contributed by atoms with E-state index in [1.165, 1.54) is 4.90 Å². The van der Waals surface area contributed by atoms with Gasteiger partial charge in [0.05, 0.1) is 25.8 Å². The van der Waals surface area contributed by atoms with Crippen molar-refractivity contribution in [3.8, 4) is 11.5 Å². The molecule has 5 rings (SSSR count). The highest BCUT2D eigenvalue weighted by Crippen LogP contribution is 2.44. The molecule has 7 heteroatoms. The Hall–Kier alpha value is -4.52. The Morgan fingerprint density at radius 2 is 1.46 bits per heavy atom. The van der Waals surface area contributed by atoms with Crippen LogP contribution in [0.15, 0.2) is 84.6 Å². The lowest BCUT2D eigenvalue weighted by Gasteiger charge is -2.25. The Kier molecular flexibility index (Phi) is 5.53. The number of para-hydroxylation sites is 1. The standard InChI is InChI=1S/C28H24N2O5/c1-29-16-22(21-6-4-5-7-23(21)29)25-24(26(31)17-8-12-19(34-2)13-9-17)27(32)28(33)30(25)18-10-14-20(35-3)15-11-18/h4-16,25,31H,1-3H3/b26-24+. The predicted molar refractivity (Wildman–Crippen MR) is 134 cm³/mol. The van der Waals surface area contributed by atoms with Crippen LogP contribution in [0.5, 0.6) is 11.5 Å². The molecule has 3 aromatic carbocycles. The van der Waals surface area contributed by atoms with Crippen LogP contribution in [0.2, 0.25) is 0 Å². The first-order valence-electron chi connectivity index (χ1n) is 11.1. The van der Waals surface area contributed by atoms with Crippen molar-refractivity contribution in [1.29, 1.82) is 0 Å². The van der Waals surface area contributed by atoms with Crippen LogP contribution in [0.4, 0.5) is 5.69 Å². The number of rotatable bonds is 5. The summed E-state index contributed by atoms with van der Waals surface area (Å²) in [6, 6.07) is 20.6. The maximum Gasteiger partial charge on any atom is 0.300 e. The number of hydrogen-bond acceptors (Lipinski definition) is 5. The van der Waals surface area contributed by atoms with Crippen LogP contribution < -0.4 is 14.4 Å². The minimum absolute atomic E-state index is 0.0346. The highest BCUT2D eigenvalue weighted by Gasteiger charge is 2.47. The topological polar surface area (TPSA) is 81.0 Å². The molecule has 1 atom stereocenters. The third-order valence-electron chi connectivity index (χ3n) is 6.38. The number of aromatic nitrogens is 1. The number of ether oxygens (including phenoxy) is 2. The molecular weight excluding hydrogens is 444 g/mol. The molecule has 1 N–H and O–H groups in total. The number of carbonyl (C=O) groups is 2. The van der Waals surface area contributed by atoms with Gasteiger partial charge in [-0.3, -0.25) is 14.5 Å². The molecule has 1 unspecified atom stereocenters. The molecule has 0 aliphatic carbocycles. The summed E-state index contributed by atoms with van der Waals surface area (Å²) in [5.74, 6) is -0.439. The number of hydrogen-bond donors (Lipinski definition) is 1. The van der Waals surface area contributed by atoms with E-state index in [9.17, 15) is 14.7 Å². The Labute approximate surface area is 202 Å². The van der Waals surface area contributed by atoms with E-state index in [4.69, 9.17) is 9.47 Å². The number of methoxy groups -OCH3 is 2. The van der Waals surface area contributed by atoms with Gasteiger partial charge in [0.15, 0.2) is 0 Å². The number of fused-ring (bicyclic) bond motifs is 1. The second-order valence-corrected chi connectivity index (χ2v) is 8.31. The summed E-state index contributed by atoms with van der Waals surface area (Å²) in [5.41, 5.74) is 2.68. The lowest BCUT2D eigenvalue weighted by Crippen LogP contribution is -2.29. The van der Waals surface area contributed by atoms with Crippen molar-refractivity contribution >= 4 is 34.0 Å². The van der Waals surface area contributed by atoms with E-state index < -0.39 is 17.7 Å². The third kappa shape index (κ3) is 3.61. The van der Waals surface area contributed by atoms with E-state index in [-0.39, 0.29) is 11.3 Å². The monoisotopic (exact) mass is 468 g/mol. The summed E-state index contributed by atoms with van der Waals surface area (Å²) in [4.78, 5) is 28.3. The Bertz CT molecular complexity index is 1470. The van der Waals surface area contributed by atoms with E-state index in [2.05, 4.69) is 0 Å². The van der Waals surface area contributed by atoms with Gasteiger partial charge >= 0.3 is 0 Å². The van der Waals surface area contributed by atoms with Gasteiger partial charge in [0.2, 0.25) is 0 Å². The molecule has 4 aromatic rings. The quantitative estimate of drug-likeness (QED) is 0.258. The first-order chi connectivity index (χ1) is 16.9. The van der Waals surface area contributed by atoms with Gasteiger partial charge in [-0.1, -0.05) is 18.2 Å². The molecule has 35 heavy (non-hydrogen) atoms. The highest BCUT2D eigenvalue weighted by molar-refractivity contribution is 6.51. The lowest BCUT2D eigenvalue weighted by atomic mass is 9.94. The number of carbonyl (C=O) groups excluding carboxylic acids is 2. The number of anilines is 1. The van der Waals surface area contributed by atoms with Gasteiger partial charge in [0, 0.05) is 41.0 Å². The normalized spacial score (nSPS) is 17.2. The van der Waals surface area contributed by atoms with Crippen molar-refractivity contribution in [2.75, 3.05) is 19.1 Å². The van der Waals surface area contributed by atoms with Gasteiger partial charge in [-0.15, -0.1) is 0 Å². The van der Waals surface area contributed by atoms with E-state index in [0.717, 1.165) is 16.5 Å². The molecule has 1 saturated heterocycles. The number of Topliss-reactive ketones (excluding diaryl/α,β-unsaturated/α-hetero) is 1. The number of nitrogens with zero attached hydrogens (tertiary/aromatic N) is 2. The average molecular weight is 469 g/mol. The van der Waals surface area contributed by atoms with E-state index in [1.807, 2.05) is 42.1 Å². The molecule has 0 radical (unpaired) electrons. The molecule has 2 heterocycles. The fourth-order valence-corrected chi connectivity index (χ4v) is 4.63. The van der Waals surface area contributed by atoms with Crippen LogP contribution in [0.3, 0.4) is 0 Å². The minimum atomic E-state index is -0.823. The number of ketones is 1. The van der Waals surface area contributed by atoms with Gasteiger partial charge in [0.1, 0.15) is 17.3 Å². The van der Waals surface area contributed by atoms with Gasteiger partial charge in [-0.25, -0.2) is 0 Å². The maximum atomic E-state index is 13.4. The zero-order valence-corrected chi connectivity index (χ0v) is 19.6. The predicted octanol–water partition coefficient (Wildman–Crippen LogP) is 4.82. The second kappa shape index (κ2) is 8.68. The molecule has 0 bridgehead atoms. The first-order valence-corrected chi connectivity index (χ1v) is 11.1. The summed E-state index contributed by atoms with van der Waals surface area (Å²) in [5, 5.41) is 12.2. The van der Waals surface area contributed by atoms with Crippen LogP contribution >= 0.6 is 0 Å². The fourth-order valence-electron chi connectivity index (χ4n) is 4.63. The molecule has 1 amide bonds. The van der Waals surface area contributed by atoms with Crippen molar-refractivity contribution in [2.24, 2.45) is 7.05 Å². The number of aliphatic hydroxyl groups excluding tert-OH is 1. The van der Waals surface area contributed by atoms with E-state index >= 15 is 0 Å². The summed E-state index contributed by atoms with van der Waals surface area (Å²) < 4.78 is 12.4. The summed E-state index contributed by atoms with van der Waals surface area (Å²) in [6.45, 7) is 0. The van der Waals surface area contributed by atoms with Crippen LogP contribution in [0, 0.1) is 0 Å². The molecule has 1 aromatic heterocycles. The number of aryl methyl sites for hydroxylation is 1. The van der Waals surface area contributed by atoms with Crippen molar-refractivity contribution in [3.05, 3.63) is 95.7 Å². The molecule has 0 spiro atoms. The zero-order chi connectivity index (χ0) is 24.7. The van der Waals surface area contributed by atoms with Crippen molar-refractivity contribution < 1.29 is 24.2 Å². The fraction of sp³-hybridized carbons (Fsp3) is 0.143. The van der Waals surface area contributed by atoms with Gasteiger partial charge in [-0.2, -0.15) is 0 Å². The van der Waals surface area contributed by atoms with Gasteiger partial charge < -0.3 is 19.1 Å². The SMILES string of the molecule is COc1ccc(/C(O)=C2\C(=O)C(=O)N(c3ccc(OC)cc3)C2c2cn(C)c3ccccc23)cc1. The first kappa shape index (κ1) is 22.3. The van der Waals surface area contributed by atoms with Crippen molar-refractivity contribution in [2.45, 2.75) is 6.04 Å². The largest absolute Gasteiger partial charge is 0.507 e. The van der Waals surface area contributed by atoms with Crippen LogP contribution in [-0.4, -0.2) is 35.6 Å². The van der Waals surface area contributed by atoms with E-state index in [1.54, 1.807) is 62.8 Å². The lowest BCUT2D eigenvalue weighted by molar-refractivity contribution is -0.132. The summed E-state index contributed by atoms with van der Waals surface area (Å²) >= 11 is 0.